The van der Waals surface area contributed by atoms with E-state index in [2.05, 4.69) is 0 Å². The fourth-order valence-electron chi connectivity index (χ4n) is 3.42. The van der Waals surface area contributed by atoms with Gasteiger partial charge in [0.1, 0.15) is 5.60 Å². The number of hydrogen-bond acceptors (Lipinski definition) is 4. The Bertz CT molecular complexity index is 793. The minimum absolute atomic E-state index is 0.168. The molecule has 1 aromatic carbocycles. The van der Waals surface area contributed by atoms with Crippen LogP contribution in [0.1, 0.15) is 44.7 Å². The van der Waals surface area contributed by atoms with E-state index in [9.17, 15) is 22.8 Å². The number of allylic oxidation sites excluding steroid dienone is 1. The fraction of sp³-hybridized carbons (Fsp3) is 0.500. The van der Waals surface area contributed by atoms with E-state index in [-0.39, 0.29) is 13.2 Å². The highest BCUT2D eigenvalue weighted by molar-refractivity contribution is 5.81. The van der Waals surface area contributed by atoms with Crippen LogP contribution in [-0.2, 0) is 20.4 Å². The second kappa shape index (κ2) is 7.14. The molecule has 0 N–H and O–H groups in total. The Balaban J connectivity index is 1.80. The van der Waals surface area contributed by atoms with Gasteiger partial charge < -0.3 is 9.47 Å². The standard InChI is InChI=1S/C20H22F3NO4/c1-19(2,3)28-18(26)24-11-27-17(25)15-10-13(6-9-16(15)24)12-4-7-14(8-5-12)20(21,22)23/h4-8,15-16H,9-11H2,1-3H3/t15-,16-/m0/s1. The summed E-state index contributed by atoms with van der Waals surface area (Å²) in [6, 6.07) is 4.45. The van der Waals surface area contributed by atoms with Crippen molar-refractivity contribution < 1.29 is 32.2 Å². The zero-order valence-electron chi connectivity index (χ0n) is 15.9. The van der Waals surface area contributed by atoms with Crippen LogP contribution in [0.3, 0.4) is 0 Å². The largest absolute Gasteiger partial charge is 0.444 e. The lowest BCUT2D eigenvalue weighted by Crippen LogP contribution is -2.55. The number of ether oxygens (including phenoxy) is 2. The summed E-state index contributed by atoms with van der Waals surface area (Å²) in [6.45, 7) is 5.09. The van der Waals surface area contributed by atoms with Crippen LogP contribution in [0.25, 0.3) is 5.57 Å². The highest BCUT2D eigenvalue weighted by atomic mass is 19.4. The maximum absolute atomic E-state index is 12.7. The second-order valence-corrected chi connectivity index (χ2v) is 7.96. The minimum atomic E-state index is -4.40. The minimum Gasteiger partial charge on any atom is -0.444 e. The van der Waals surface area contributed by atoms with E-state index >= 15 is 0 Å². The number of hydrogen-bond donors (Lipinski definition) is 0. The molecular weight excluding hydrogens is 375 g/mol. The van der Waals surface area contributed by atoms with Crippen molar-refractivity contribution in [3.8, 4) is 0 Å². The van der Waals surface area contributed by atoms with E-state index in [4.69, 9.17) is 9.47 Å². The molecular formula is C20H22F3NO4. The number of benzene rings is 1. The fourth-order valence-corrected chi connectivity index (χ4v) is 3.42. The molecule has 2 atom stereocenters. The van der Waals surface area contributed by atoms with Gasteiger partial charge in [-0.3, -0.25) is 9.69 Å². The maximum atomic E-state index is 12.7. The molecule has 28 heavy (non-hydrogen) atoms. The average Bonchev–Trinajstić information content (AvgIpc) is 2.60. The van der Waals surface area contributed by atoms with Gasteiger partial charge in [0.15, 0.2) is 6.73 Å². The number of cyclic esters (lactones) is 1. The zero-order chi connectivity index (χ0) is 20.7. The van der Waals surface area contributed by atoms with Crippen molar-refractivity contribution in [2.45, 2.75) is 51.4 Å². The molecule has 1 aromatic rings. The van der Waals surface area contributed by atoms with Crippen molar-refractivity contribution in [1.29, 1.82) is 0 Å². The van der Waals surface area contributed by atoms with Gasteiger partial charge in [0.2, 0.25) is 0 Å². The van der Waals surface area contributed by atoms with E-state index in [1.165, 1.54) is 17.0 Å². The van der Waals surface area contributed by atoms with Gasteiger partial charge in [-0.25, -0.2) is 4.79 Å². The molecule has 5 nitrogen and oxygen atoms in total. The summed E-state index contributed by atoms with van der Waals surface area (Å²) in [5.74, 6) is -0.995. The Morgan fingerprint density at radius 2 is 1.82 bits per heavy atom. The third-order valence-electron chi connectivity index (χ3n) is 4.77. The summed E-state index contributed by atoms with van der Waals surface area (Å²) in [5, 5.41) is 0. The summed E-state index contributed by atoms with van der Waals surface area (Å²) in [4.78, 5) is 26.1. The van der Waals surface area contributed by atoms with Gasteiger partial charge in [0.05, 0.1) is 17.5 Å². The number of amides is 1. The highest BCUT2D eigenvalue weighted by Crippen LogP contribution is 2.38. The quantitative estimate of drug-likeness (QED) is 0.649. The van der Waals surface area contributed by atoms with Gasteiger partial charge in [-0.05, 0) is 56.9 Å². The van der Waals surface area contributed by atoms with Crippen LogP contribution >= 0.6 is 0 Å². The smallest absolute Gasteiger partial charge is 0.416 e. The molecule has 0 aromatic heterocycles. The molecule has 1 aliphatic carbocycles. The van der Waals surface area contributed by atoms with Crippen LogP contribution in [0.2, 0.25) is 0 Å². The van der Waals surface area contributed by atoms with Gasteiger partial charge in [-0.2, -0.15) is 13.2 Å². The van der Waals surface area contributed by atoms with Crippen molar-refractivity contribution in [2.75, 3.05) is 6.73 Å². The van der Waals surface area contributed by atoms with Crippen LogP contribution in [0, 0.1) is 5.92 Å². The molecule has 1 amide bonds. The van der Waals surface area contributed by atoms with Gasteiger partial charge in [-0.15, -0.1) is 0 Å². The molecule has 8 heteroatoms. The SMILES string of the molecule is CC(C)(C)OC(=O)N1COC(=O)[C@H]2CC(c3ccc(C(F)(F)F)cc3)=CC[C@@H]21. The summed E-state index contributed by atoms with van der Waals surface area (Å²) in [7, 11) is 0. The van der Waals surface area contributed by atoms with Gasteiger partial charge in [0.25, 0.3) is 0 Å². The number of halogens is 3. The normalized spacial score (nSPS) is 22.9. The van der Waals surface area contributed by atoms with Crippen LogP contribution in [0.4, 0.5) is 18.0 Å². The predicted octanol–water partition coefficient (Wildman–Crippen LogP) is 4.62. The Morgan fingerprint density at radius 3 is 2.39 bits per heavy atom. The molecule has 0 bridgehead atoms. The van der Waals surface area contributed by atoms with E-state index in [0.717, 1.165) is 17.7 Å². The molecule has 152 valence electrons. The Morgan fingerprint density at radius 1 is 1.18 bits per heavy atom. The van der Waals surface area contributed by atoms with E-state index in [1.807, 2.05) is 6.08 Å². The average molecular weight is 397 g/mol. The van der Waals surface area contributed by atoms with E-state index < -0.39 is 41.4 Å². The number of nitrogens with zero attached hydrogens (tertiary/aromatic N) is 1. The van der Waals surface area contributed by atoms with Gasteiger partial charge in [-0.1, -0.05) is 18.2 Å². The highest BCUT2D eigenvalue weighted by Gasteiger charge is 2.44. The summed E-state index contributed by atoms with van der Waals surface area (Å²) < 4.78 is 48.8. The van der Waals surface area contributed by atoms with E-state index in [1.54, 1.807) is 20.8 Å². The molecule has 0 spiro atoms. The molecule has 0 saturated carbocycles. The van der Waals surface area contributed by atoms with Crippen molar-refractivity contribution in [3.05, 3.63) is 41.5 Å². The molecule has 1 fully saturated rings. The van der Waals surface area contributed by atoms with Gasteiger partial charge >= 0.3 is 18.2 Å². The molecule has 1 aliphatic heterocycles. The molecule has 2 aliphatic rings. The third-order valence-corrected chi connectivity index (χ3v) is 4.77. The van der Waals surface area contributed by atoms with E-state index in [0.29, 0.717) is 12.0 Å². The van der Waals surface area contributed by atoms with Crippen LogP contribution in [-0.4, -0.2) is 35.3 Å². The molecule has 1 heterocycles. The first-order valence-corrected chi connectivity index (χ1v) is 8.98. The van der Waals surface area contributed by atoms with Crippen molar-refractivity contribution in [3.63, 3.8) is 0 Å². The predicted molar refractivity (Wildman–Crippen MR) is 95.0 cm³/mol. The topological polar surface area (TPSA) is 55.8 Å². The first kappa shape index (κ1) is 20.2. The van der Waals surface area contributed by atoms with Crippen molar-refractivity contribution in [1.82, 2.24) is 4.90 Å². The molecule has 0 unspecified atom stereocenters. The van der Waals surface area contributed by atoms with Crippen LogP contribution in [0.15, 0.2) is 30.3 Å². The number of fused-ring (bicyclic) bond motifs is 1. The number of alkyl halides is 3. The number of esters is 1. The Labute approximate surface area is 161 Å². The van der Waals surface area contributed by atoms with Crippen LogP contribution in [0.5, 0.6) is 0 Å². The van der Waals surface area contributed by atoms with Crippen LogP contribution < -0.4 is 0 Å². The number of carbonyl (C=O) groups excluding carboxylic acids is 2. The monoisotopic (exact) mass is 397 g/mol. The second-order valence-electron chi connectivity index (χ2n) is 7.96. The maximum Gasteiger partial charge on any atom is 0.416 e. The summed E-state index contributed by atoms with van der Waals surface area (Å²) in [5.41, 5.74) is -0.0190. The van der Waals surface area contributed by atoms with Crippen molar-refractivity contribution in [2.24, 2.45) is 5.92 Å². The lowest BCUT2D eigenvalue weighted by molar-refractivity contribution is -0.167. The first-order chi connectivity index (χ1) is 13.0. The lowest BCUT2D eigenvalue weighted by atomic mass is 9.80. The number of carbonyl (C=O) groups is 2. The number of rotatable bonds is 1. The third kappa shape index (κ3) is 4.31. The zero-order valence-corrected chi connectivity index (χ0v) is 15.9. The first-order valence-electron chi connectivity index (χ1n) is 8.98. The molecule has 3 rings (SSSR count). The summed E-state index contributed by atoms with van der Waals surface area (Å²) in [6.07, 6.45) is -2.41. The Hall–Kier alpha value is -2.51. The Kier molecular flexibility index (Phi) is 5.16. The summed E-state index contributed by atoms with van der Waals surface area (Å²) >= 11 is 0. The van der Waals surface area contributed by atoms with Crippen molar-refractivity contribution >= 4 is 17.6 Å². The molecule has 0 radical (unpaired) electrons. The van der Waals surface area contributed by atoms with Gasteiger partial charge in [0, 0.05) is 0 Å². The lowest BCUT2D eigenvalue weighted by Gasteiger charge is -2.42. The molecule has 1 saturated heterocycles.